The lowest BCUT2D eigenvalue weighted by molar-refractivity contribution is -0.275. The maximum Gasteiger partial charge on any atom is 0.573 e. The Morgan fingerprint density at radius 1 is 1.23 bits per heavy atom. The summed E-state index contributed by atoms with van der Waals surface area (Å²) in [5, 5.41) is 8.78. The maximum absolute atomic E-state index is 12.4. The van der Waals surface area contributed by atoms with Crippen LogP contribution in [-0.4, -0.2) is 24.9 Å². The van der Waals surface area contributed by atoms with Gasteiger partial charge in [0.2, 0.25) is 0 Å². The van der Waals surface area contributed by atoms with Gasteiger partial charge in [-0.05, 0) is 23.9 Å². The second-order valence-corrected chi connectivity index (χ2v) is 4.66. The number of ether oxygens (including phenoxy) is 2. The summed E-state index contributed by atoms with van der Waals surface area (Å²) in [6, 6.07) is 2.40. The van der Waals surface area contributed by atoms with E-state index < -0.39 is 51.4 Å². The van der Waals surface area contributed by atoms with Crippen LogP contribution in [0.2, 0.25) is 0 Å². The highest BCUT2D eigenvalue weighted by molar-refractivity contribution is 8.00. The van der Waals surface area contributed by atoms with Crippen molar-refractivity contribution in [1.82, 2.24) is 0 Å². The normalized spacial score (nSPS) is 11.7. The van der Waals surface area contributed by atoms with Crippen LogP contribution in [0, 0.1) is 11.3 Å². The van der Waals surface area contributed by atoms with Gasteiger partial charge in [-0.15, -0.1) is 13.2 Å². The number of alkyl halides is 6. The van der Waals surface area contributed by atoms with Gasteiger partial charge < -0.3 is 9.47 Å². The molecule has 22 heavy (non-hydrogen) atoms. The van der Waals surface area contributed by atoms with Gasteiger partial charge >= 0.3 is 17.8 Å². The predicted molar refractivity (Wildman–Crippen MR) is 61.1 cm³/mol. The van der Waals surface area contributed by atoms with Crippen molar-refractivity contribution in [2.24, 2.45) is 0 Å². The number of methoxy groups -OCH3 is 1. The minimum Gasteiger partial charge on any atom is -0.465 e. The molecule has 0 saturated heterocycles. The summed E-state index contributed by atoms with van der Waals surface area (Å²) in [5.41, 5.74) is -6.35. The third kappa shape index (κ3) is 5.03. The smallest absolute Gasteiger partial charge is 0.465 e. The van der Waals surface area contributed by atoms with Gasteiger partial charge in [0, 0.05) is 0 Å². The number of nitrogens with zero attached hydrogens (tertiary/aromatic N) is 1. The van der Waals surface area contributed by atoms with Crippen molar-refractivity contribution in [2.75, 3.05) is 7.11 Å². The minimum atomic E-state index is -5.31. The van der Waals surface area contributed by atoms with Crippen LogP contribution in [0.5, 0.6) is 5.75 Å². The number of rotatable bonds is 3. The van der Waals surface area contributed by atoms with Crippen LogP contribution in [0.4, 0.5) is 26.3 Å². The molecule has 0 atom stereocenters. The zero-order valence-corrected chi connectivity index (χ0v) is 11.3. The van der Waals surface area contributed by atoms with E-state index in [0.717, 1.165) is 7.11 Å². The zero-order valence-electron chi connectivity index (χ0n) is 10.5. The first-order valence-corrected chi connectivity index (χ1v) is 5.96. The summed E-state index contributed by atoms with van der Waals surface area (Å²) in [4.78, 5) is 10.2. The van der Waals surface area contributed by atoms with Gasteiger partial charge in [-0.1, -0.05) is 0 Å². The van der Waals surface area contributed by atoms with E-state index in [1.165, 1.54) is 6.07 Å². The molecule has 4 nitrogen and oxygen atoms in total. The van der Waals surface area contributed by atoms with Crippen molar-refractivity contribution in [2.45, 2.75) is 16.8 Å². The number of esters is 1. The number of nitriles is 1. The van der Waals surface area contributed by atoms with Gasteiger partial charge in [0.05, 0.1) is 23.1 Å². The largest absolute Gasteiger partial charge is 0.573 e. The van der Waals surface area contributed by atoms with Crippen molar-refractivity contribution in [3.05, 3.63) is 23.3 Å². The molecule has 0 aliphatic heterocycles. The third-order valence-corrected chi connectivity index (χ3v) is 2.79. The van der Waals surface area contributed by atoms with Crippen LogP contribution in [0.3, 0.4) is 0 Å². The second-order valence-electron chi connectivity index (χ2n) is 3.55. The Morgan fingerprint density at radius 2 is 1.82 bits per heavy atom. The van der Waals surface area contributed by atoms with E-state index in [0.29, 0.717) is 12.1 Å². The molecular formula is C11H5F6NO3S. The van der Waals surface area contributed by atoms with E-state index in [4.69, 9.17) is 5.26 Å². The molecule has 0 N–H and O–H groups in total. The summed E-state index contributed by atoms with van der Waals surface area (Å²) in [5.74, 6) is -2.44. The molecule has 0 saturated carbocycles. The average Bonchev–Trinajstić information content (AvgIpc) is 2.36. The highest BCUT2D eigenvalue weighted by atomic mass is 32.2. The van der Waals surface area contributed by atoms with E-state index in [2.05, 4.69) is 9.47 Å². The first-order chi connectivity index (χ1) is 9.96. The van der Waals surface area contributed by atoms with Crippen LogP contribution in [-0.2, 0) is 4.74 Å². The molecule has 0 bridgehead atoms. The van der Waals surface area contributed by atoms with Crippen LogP contribution in [0.15, 0.2) is 17.0 Å². The fraction of sp³-hybridized carbons (Fsp3) is 0.273. The quantitative estimate of drug-likeness (QED) is 0.473. The lowest BCUT2D eigenvalue weighted by atomic mass is 10.1. The molecule has 0 unspecified atom stereocenters. The van der Waals surface area contributed by atoms with Crippen LogP contribution < -0.4 is 4.74 Å². The Bertz CT molecular complexity index is 620. The van der Waals surface area contributed by atoms with Crippen LogP contribution in [0.25, 0.3) is 0 Å². The Balaban J connectivity index is 3.51. The number of halogens is 6. The number of hydrogen-bond donors (Lipinski definition) is 0. The molecule has 1 aromatic carbocycles. The first kappa shape index (κ1) is 18.0. The Kier molecular flexibility index (Phi) is 5.18. The molecule has 0 fully saturated rings. The Morgan fingerprint density at radius 3 is 2.23 bits per heavy atom. The lowest BCUT2D eigenvalue weighted by Gasteiger charge is -2.16. The maximum atomic E-state index is 12.4. The van der Waals surface area contributed by atoms with Crippen molar-refractivity contribution in [3.63, 3.8) is 0 Å². The molecule has 0 amide bonds. The summed E-state index contributed by atoms with van der Waals surface area (Å²) in [6.45, 7) is 0. The molecular weight excluding hydrogens is 340 g/mol. The fourth-order valence-electron chi connectivity index (χ4n) is 1.34. The van der Waals surface area contributed by atoms with Gasteiger partial charge in [-0.25, -0.2) is 4.79 Å². The fourth-order valence-corrected chi connectivity index (χ4v) is 2.02. The topological polar surface area (TPSA) is 59.3 Å². The highest BCUT2D eigenvalue weighted by Gasteiger charge is 2.37. The average molecular weight is 345 g/mol. The first-order valence-electron chi connectivity index (χ1n) is 5.15. The standard InChI is InChI=1S/C11H5F6NO3S/c1-20-9(19)5-2-6(4-18)8(21-10(12,13)14)7(3-5)22-11(15,16)17/h2-3H,1H3. The molecule has 0 heterocycles. The van der Waals surface area contributed by atoms with E-state index in [9.17, 15) is 31.1 Å². The van der Waals surface area contributed by atoms with E-state index >= 15 is 0 Å². The van der Waals surface area contributed by atoms with Gasteiger partial charge in [-0.3, -0.25) is 0 Å². The summed E-state index contributed by atoms with van der Waals surface area (Å²) < 4.78 is 81.9. The van der Waals surface area contributed by atoms with Gasteiger partial charge in [-0.2, -0.15) is 18.4 Å². The molecule has 0 aromatic heterocycles. The van der Waals surface area contributed by atoms with Crippen LogP contribution >= 0.6 is 11.8 Å². The number of carbonyl (C=O) groups excluding carboxylic acids is 1. The molecule has 0 spiro atoms. The van der Waals surface area contributed by atoms with Crippen LogP contribution in [0.1, 0.15) is 15.9 Å². The molecule has 0 radical (unpaired) electrons. The number of carbonyl (C=O) groups is 1. The molecule has 1 aromatic rings. The second kappa shape index (κ2) is 6.35. The lowest BCUT2D eigenvalue weighted by Crippen LogP contribution is -2.19. The molecule has 0 aliphatic carbocycles. The van der Waals surface area contributed by atoms with Gasteiger partial charge in [0.1, 0.15) is 6.07 Å². The highest BCUT2D eigenvalue weighted by Crippen LogP contribution is 2.44. The third-order valence-electron chi connectivity index (χ3n) is 2.04. The summed E-state index contributed by atoms with van der Waals surface area (Å²) >= 11 is -0.944. The monoisotopic (exact) mass is 345 g/mol. The summed E-state index contributed by atoms with van der Waals surface area (Å²) in [7, 11) is 0.922. The van der Waals surface area contributed by atoms with Gasteiger partial charge in [0.15, 0.2) is 5.75 Å². The summed E-state index contributed by atoms with van der Waals surface area (Å²) in [6.07, 6.45) is -5.31. The SMILES string of the molecule is COC(=O)c1cc(C#N)c(OC(F)(F)F)c(SC(F)(F)F)c1. The molecule has 120 valence electrons. The molecule has 0 aliphatic rings. The molecule has 1 rings (SSSR count). The Labute approximate surface area is 123 Å². The van der Waals surface area contributed by atoms with E-state index in [1.54, 1.807) is 0 Å². The number of thioether (sulfide) groups is 1. The molecule has 11 heteroatoms. The van der Waals surface area contributed by atoms with Crippen molar-refractivity contribution < 1.29 is 40.6 Å². The van der Waals surface area contributed by atoms with Crippen molar-refractivity contribution >= 4 is 17.7 Å². The minimum absolute atomic E-state index is 0.506. The zero-order chi connectivity index (χ0) is 17.1. The number of benzene rings is 1. The number of hydrogen-bond acceptors (Lipinski definition) is 5. The van der Waals surface area contributed by atoms with E-state index in [1.807, 2.05) is 0 Å². The Hall–Kier alpha value is -2.09. The van der Waals surface area contributed by atoms with Crippen molar-refractivity contribution in [1.29, 1.82) is 5.26 Å². The van der Waals surface area contributed by atoms with Gasteiger partial charge in [0.25, 0.3) is 0 Å². The van der Waals surface area contributed by atoms with E-state index in [-0.39, 0.29) is 0 Å². The predicted octanol–water partition coefficient (Wildman–Crippen LogP) is 3.86. The van der Waals surface area contributed by atoms with Crippen molar-refractivity contribution in [3.8, 4) is 11.8 Å².